The Hall–Kier alpha value is -0.860. The number of hydrogen-bond donors (Lipinski definition) is 1. The molecule has 5 nitrogen and oxygen atoms in total. The Labute approximate surface area is 121 Å². The number of carbonyl (C=O) groups excluding carboxylic acids is 1. The van der Waals surface area contributed by atoms with Gasteiger partial charge in [-0.25, -0.2) is 0 Å². The van der Waals surface area contributed by atoms with Crippen LogP contribution in [0.2, 0.25) is 0 Å². The molecule has 1 amide bonds. The molecule has 1 N–H and O–H groups in total. The van der Waals surface area contributed by atoms with Crippen LogP contribution in [0, 0.1) is 0 Å². The Morgan fingerprint density at radius 1 is 1.14 bits per heavy atom. The molecular formula is C13H20F3N3O2. The minimum absolute atomic E-state index is 0.101. The van der Waals surface area contributed by atoms with Crippen molar-refractivity contribution in [2.24, 2.45) is 0 Å². The number of carbonyl (C=O) groups is 1. The van der Waals surface area contributed by atoms with Crippen molar-refractivity contribution in [3.63, 3.8) is 0 Å². The van der Waals surface area contributed by atoms with Gasteiger partial charge in [0.1, 0.15) is 0 Å². The van der Waals surface area contributed by atoms with E-state index in [-0.39, 0.29) is 18.6 Å². The van der Waals surface area contributed by atoms with Crippen LogP contribution in [-0.2, 0) is 9.53 Å². The van der Waals surface area contributed by atoms with Crippen molar-refractivity contribution in [3.8, 4) is 0 Å². The Morgan fingerprint density at radius 3 is 2.52 bits per heavy atom. The van der Waals surface area contributed by atoms with Crippen molar-refractivity contribution in [1.82, 2.24) is 15.1 Å². The Bertz CT molecular complexity index is 397. The van der Waals surface area contributed by atoms with E-state index in [1.54, 1.807) is 0 Å². The molecule has 0 aromatic carbocycles. The van der Waals surface area contributed by atoms with Crippen LogP contribution in [0.3, 0.4) is 0 Å². The van der Waals surface area contributed by atoms with Crippen molar-refractivity contribution in [2.45, 2.75) is 37.1 Å². The zero-order chi connectivity index (χ0) is 15.0. The standard InChI is InChI=1S/C13H20F3N3O2/c14-13(15,16)12(20)19-6-3-17-9-7-21-8-10(11(9)19)18-4-1-2-5-18/h9-11,17H,1-8H2/t9?,10-,11-/m0/s1. The first-order chi connectivity index (χ1) is 9.98. The summed E-state index contributed by atoms with van der Waals surface area (Å²) in [5.74, 6) is -1.72. The van der Waals surface area contributed by atoms with Crippen molar-refractivity contribution >= 4 is 5.91 Å². The van der Waals surface area contributed by atoms with Crippen LogP contribution < -0.4 is 5.32 Å². The number of hydrogen-bond acceptors (Lipinski definition) is 4. The van der Waals surface area contributed by atoms with Crippen LogP contribution >= 0.6 is 0 Å². The van der Waals surface area contributed by atoms with Crippen LogP contribution in [-0.4, -0.2) is 79.4 Å². The summed E-state index contributed by atoms with van der Waals surface area (Å²) in [4.78, 5) is 14.9. The molecule has 0 aliphatic carbocycles. The van der Waals surface area contributed by atoms with Gasteiger partial charge >= 0.3 is 12.1 Å². The number of amides is 1. The predicted octanol–water partition coefficient (Wildman–Crippen LogP) is 0.212. The van der Waals surface area contributed by atoms with E-state index in [9.17, 15) is 18.0 Å². The number of rotatable bonds is 1. The number of alkyl halides is 3. The first-order valence-corrected chi connectivity index (χ1v) is 7.41. The zero-order valence-electron chi connectivity index (χ0n) is 11.7. The third-order valence-electron chi connectivity index (χ3n) is 4.62. The van der Waals surface area contributed by atoms with Gasteiger partial charge in [-0.2, -0.15) is 13.2 Å². The second-order valence-electron chi connectivity index (χ2n) is 5.90. The van der Waals surface area contributed by atoms with Gasteiger partial charge in [0, 0.05) is 13.1 Å². The molecule has 3 heterocycles. The van der Waals surface area contributed by atoms with Gasteiger partial charge in [0.2, 0.25) is 0 Å². The third kappa shape index (κ3) is 2.89. The average molecular weight is 307 g/mol. The van der Waals surface area contributed by atoms with Gasteiger partial charge in [0.05, 0.1) is 31.3 Å². The van der Waals surface area contributed by atoms with Crippen LogP contribution in [0.5, 0.6) is 0 Å². The molecule has 21 heavy (non-hydrogen) atoms. The van der Waals surface area contributed by atoms with Gasteiger partial charge in [0.15, 0.2) is 0 Å². The topological polar surface area (TPSA) is 44.8 Å². The minimum Gasteiger partial charge on any atom is -0.378 e. The molecule has 3 aliphatic heterocycles. The van der Waals surface area contributed by atoms with Gasteiger partial charge in [-0.3, -0.25) is 9.69 Å². The quantitative estimate of drug-likeness (QED) is 0.752. The lowest BCUT2D eigenvalue weighted by Crippen LogP contribution is -2.71. The molecule has 3 atom stereocenters. The first-order valence-electron chi connectivity index (χ1n) is 7.41. The molecule has 3 saturated heterocycles. The van der Waals surface area contributed by atoms with E-state index in [0.29, 0.717) is 19.8 Å². The summed E-state index contributed by atoms with van der Waals surface area (Å²) in [6.45, 7) is 2.96. The number of piperazine rings is 1. The molecule has 3 aliphatic rings. The van der Waals surface area contributed by atoms with Crippen LogP contribution in [0.1, 0.15) is 12.8 Å². The molecule has 0 radical (unpaired) electrons. The van der Waals surface area contributed by atoms with E-state index >= 15 is 0 Å². The number of fused-ring (bicyclic) bond motifs is 1. The summed E-state index contributed by atoms with van der Waals surface area (Å²) in [6.07, 6.45) is -2.71. The third-order valence-corrected chi connectivity index (χ3v) is 4.62. The summed E-state index contributed by atoms with van der Waals surface area (Å²) >= 11 is 0. The van der Waals surface area contributed by atoms with E-state index in [1.165, 1.54) is 0 Å². The highest BCUT2D eigenvalue weighted by atomic mass is 19.4. The average Bonchev–Trinajstić information content (AvgIpc) is 2.98. The SMILES string of the molecule is O=C(N1CCNC2COC[C@H](N3CCCC3)[C@H]21)C(F)(F)F. The number of ether oxygens (including phenoxy) is 1. The Balaban J connectivity index is 1.83. The molecular weight excluding hydrogens is 287 g/mol. The van der Waals surface area contributed by atoms with Gasteiger partial charge in [-0.1, -0.05) is 0 Å². The second-order valence-corrected chi connectivity index (χ2v) is 5.90. The molecule has 3 fully saturated rings. The van der Waals surface area contributed by atoms with Gasteiger partial charge in [0.25, 0.3) is 0 Å². The van der Waals surface area contributed by atoms with Crippen LogP contribution in [0.4, 0.5) is 13.2 Å². The highest BCUT2D eigenvalue weighted by Gasteiger charge is 2.51. The maximum absolute atomic E-state index is 12.8. The molecule has 8 heteroatoms. The van der Waals surface area contributed by atoms with E-state index in [4.69, 9.17) is 4.74 Å². The van der Waals surface area contributed by atoms with E-state index in [0.717, 1.165) is 30.8 Å². The maximum atomic E-state index is 12.8. The van der Waals surface area contributed by atoms with Crippen LogP contribution in [0.15, 0.2) is 0 Å². The van der Waals surface area contributed by atoms with E-state index < -0.39 is 18.1 Å². The molecule has 1 unspecified atom stereocenters. The Morgan fingerprint density at radius 2 is 1.86 bits per heavy atom. The van der Waals surface area contributed by atoms with Crippen molar-refractivity contribution in [2.75, 3.05) is 39.4 Å². The highest BCUT2D eigenvalue weighted by molar-refractivity contribution is 5.82. The van der Waals surface area contributed by atoms with Crippen molar-refractivity contribution in [1.29, 1.82) is 0 Å². The van der Waals surface area contributed by atoms with E-state index in [1.807, 2.05) is 0 Å². The lowest BCUT2D eigenvalue weighted by Gasteiger charge is -2.50. The summed E-state index contributed by atoms with van der Waals surface area (Å²) in [5, 5.41) is 3.20. The monoisotopic (exact) mass is 307 g/mol. The summed E-state index contributed by atoms with van der Waals surface area (Å²) < 4.78 is 44.1. The fourth-order valence-corrected chi connectivity index (χ4v) is 3.70. The van der Waals surface area contributed by atoms with Crippen molar-refractivity contribution < 1.29 is 22.7 Å². The lowest BCUT2D eigenvalue weighted by molar-refractivity contribution is -0.194. The molecule has 0 aromatic rings. The van der Waals surface area contributed by atoms with Gasteiger partial charge in [-0.15, -0.1) is 0 Å². The minimum atomic E-state index is -4.81. The number of nitrogens with zero attached hydrogens (tertiary/aromatic N) is 2. The smallest absolute Gasteiger partial charge is 0.378 e. The van der Waals surface area contributed by atoms with Gasteiger partial charge in [-0.05, 0) is 25.9 Å². The second kappa shape index (κ2) is 5.73. The number of likely N-dealkylation sites (tertiary alicyclic amines) is 1. The molecule has 3 rings (SSSR count). The fraction of sp³-hybridized carbons (Fsp3) is 0.923. The summed E-state index contributed by atoms with van der Waals surface area (Å²) in [5.41, 5.74) is 0. The first kappa shape index (κ1) is 15.1. The van der Waals surface area contributed by atoms with Crippen LogP contribution in [0.25, 0.3) is 0 Å². The molecule has 120 valence electrons. The highest BCUT2D eigenvalue weighted by Crippen LogP contribution is 2.29. The molecule has 0 saturated carbocycles. The number of nitrogens with one attached hydrogen (secondary N) is 1. The molecule has 0 aromatic heterocycles. The fourth-order valence-electron chi connectivity index (χ4n) is 3.70. The normalized spacial score (nSPS) is 34.8. The largest absolute Gasteiger partial charge is 0.471 e. The maximum Gasteiger partial charge on any atom is 0.471 e. The van der Waals surface area contributed by atoms with E-state index in [2.05, 4.69) is 10.2 Å². The molecule has 0 spiro atoms. The molecule has 0 bridgehead atoms. The van der Waals surface area contributed by atoms with Crippen molar-refractivity contribution in [3.05, 3.63) is 0 Å². The number of halogens is 3. The predicted molar refractivity (Wildman–Crippen MR) is 68.8 cm³/mol. The Kier molecular flexibility index (Phi) is 4.11. The lowest BCUT2D eigenvalue weighted by atomic mass is 9.93. The summed E-state index contributed by atoms with van der Waals surface area (Å²) in [6, 6.07) is -0.825. The summed E-state index contributed by atoms with van der Waals surface area (Å²) in [7, 11) is 0. The zero-order valence-corrected chi connectivity index (χ0v) is 11.7. The van der Waals surface area contributed by atoms with Gasteiger partial charge < -0.3 is 15.0 Å².